The topological polar surface area (TPSA) is 131 Å². The number of nitro groups is 1. The number of hydrogen-bond acceptors (Lipinski definition) is 7. The van der Waals surface area contributed by atoms with Crippen molar-refractivity contribution < 1.29 is 24.0 Å². The zero-order valence-electron chi connectivity index (χ0n) is 16.6. The minimum atomic E-state index is -0.848. The molecule has 10 heteroatoms. The molecule has 0 saturated carbocycles. The number of nitrogens with one attached hydrogen (secondary N) is 2. The number of anilines is 1. The Hall–Kier alpha value is -3.17. The highest BCUT2D eigenvalue weighted by molar-refractivity contribution is 5.93. The van der Waals surface area contributed by atoms with E-state index in [2.05, 4.69) is 10.6 Å². The summed E-state index contributed by atoms with van der Waals surface area (Å²) in [6.07, 6.45) is 2.70. The average Bonchev–Trinajstić information content (AvgIpc) is 3.24. The minimum absolute atomic E-state index is 0.0128. The number of nitro benzene ring substituents is 1. The van der Waals surface area contributed by atoms with Crippen molar-refractivity contribution in [1.29, 1.82) is 0 Å². The van der Waals surface area contributed by atoms with E-state index < -0.39 is 29.4 Å². The molecule has 0 bridgehead atoms. The van der Waals surface area contributed by atoms with Gasteiger partial charge in [-0.3, -0.25) is 19.7 Å². The standard InChI is InChI=1S/C19H26N4O6/c1-3-8-20-18(25)13(2)21-17(24)12-29-19(26)14-6-7-15(16(11-14)23(27)28)22-9-4-5-10-22/h6-7,11,13H,3-5,8-10,12H2,1-2H3,(H,20,25)(H,21,24)/t13-/m1/s1. The number of amides is 2. The van der Waals surface area contributed by atoms with Crippen molar-refractivity contribution in [3.05, 3.63) is 33.9 Å². The van der Waals surface area contributed by atoms with Crippen LogP contribution in [0.3, 0.4) is 0 Å². The fourth-order valence-corrected chi connectivity index (χ4v) is 2.99. The molecule has 1 heterocycles. The van der Waals surface area contributed by atoms with Gasteiger partial charge in [0, 0.05) is 25.7 Å². The van der Waals surface area contributed by atoms with E-state index in [1.165, 1.54) is 19.1 Å². The quantitative estimate of drug-likeness (QED) is 0.360. The summed E-state index contributed by atoms with van der Waals surface area (Å²) in [5.74, 6) is -1.82. The smallest absolute Gasteiger partial charge is 0.338 e. The molecule has 0 radical (unpaired) electrons. The van der Waals surface area contributed by atoms with Gasteiger partial charge in [-0.1, -0.05) is 6.92 Å². The Balaban J connectivity index is 1.94. The van der Waals surface area contributed by atoms with Crippen molar-refractivity contribution in [1.82, 2.24) is 10.6 Å². The molecule has 2 N–H and O–H groups in total. The molecular formula is C19H26N4O6. The van der Waals surface area contributed by atoms with Gasteiger partial charge in [0.1, 0.15) is 11.7 Å². The largest absolute Gasteiger partial charge is 0.452 e. The Bertz CT molecular complexity index is 776. The van der Waals surface area contributed by atoms with Gasteiger partial charge in [0.25, 0.3) is 11.6 Å². The predicted octanol–water partition coefficient (Wildman–Crippen LogP) is 1.38. The molecule has 1 fully saturated rings. The van der Waals surface area contributed by atoms with Crippen LogP contribution in [0.5, 0.6) is 0 Å². The van der Waals surface area contributed by atoms with Crippen molar-refractivity contribution in [3.8, 4) is 0 Å². The van der Waals surface area contributed by atoms with Crippen LogP contribution in [0.2, 0.25) is 0 Å². The molecule has 1 aromatic carbocycles. The maximum absolute atomic E-state index is 12.2. The summed E-state index contributed by atoms with van der Waals surface area (Å²) in [6, 6.07) is 3.37. The molecule has 2 rings (SSSR count). The maximum Gasteiger partial charge on any atom is 0.338 e. The van der Waals surface area contributed by atoms with E-state index in [9.17, 15) is 24.5 Å². The van der Waals surface area contributed by atoms with E-state index in [1.807, 2.05) is 11.8 Å². The first-order valence-electron chi connectivity index (χ1n) is 9.61. The van der Waals surface area contributed by atoms with E-state index in [4.69, 9.17) is 4.74 Å². The van der Waals surface area contributed by atoms with E-state index in [-0.39, 0.29) is 17.2 Å². The summed E-state index contributed by atoms with van der Waals surface area (Å²) in [5.41, 5.74) is 0.280. The maximum atomic E-state index is 12.2. The van der Waals surface area contributed by atoms with Gasteiger partial charge < -0.3 is 20.3 Å². The zero-order chi connectivity index (χ0) is 21.4. The van der Waals surface area contributed by atoms with Crippen molar-refractivity contribution in [2.24, 2.45) is 0 Å². The normalized spacial score (nSPS) is 14.2. The number of rotatable bonds is 9. The average molecular weight is 406 g/mol. The third kappa shape index (κ3) is 6.16. The first kappa shape index (κ1) is 22.1. The van der Waals surface area contributed by atoms with Crippen molar-refractivity contribution in [3.63, 3.8) is 0 Å². The van der Waals surface area contributed by atoms with Gasteiger partial charge in [-0.05, 0) is 38.3 Å². The second-order valence-corrected chi connectivity index (χ2v) is 6.81. The predicted molar refractivity (Wildman–Crippen MR) is 106 cm³/mol. The van der Waals surface area contributed by atoms with Crippen LogP contribution in [0.25, 0.3) is 0 Å². The highest BCUT2D eigenvalue weighted by atomic mass is 16.6. The zero-order valence-corrected chi connectivity index (χ0v) is 16.6. The molecular weight excluding hydrogens is 380 g/mol. The molecule has 158 valence electrons. The number of nitrogens with zero attached hydrogens (tertiary/aromatic N) is 2. The molecule has 1 aliphatic heterocycles. The summed E-state index contributed by atoms with van der Waals surface area (Å²) in [6.45, 7) is 4.80. The van der Waals surface area contributed by atoms with Crippen LogP contribution in [0.15, 0.2) is 18.2 Å². The third-order valence-electron chi connectivity index (χ3n) is 4.51. The molecule has 0 aromatic heterocycles. The molecule has 1 aliphatic rings. The van der Waals surface area contributed by atoms with Crippen LogP contribution in [-0.4, -0.2) is 55.0 Å². The van der Waals surface area contributed by atoms with Gasteiger partial charge in [-0.15, -0.1) is 0 Å². The van der Waals surface area contributed by atoms with Gasteiger partial charge in [0.05, 0.1) is 10.5 Å². The molecule has 10 nitrogen and oxygen atoms in total. The number of carbonyl (C=O) groups is 3. The first-order chi connectivity index (χ1) is 13.8. The Labute approximate surface area is 168 Å². The third-order valence-corrected chi connectivity index (χ3v) is 4.51. The van der Waals surface area contributed by atoms with Gasteiger partial charge in [0.2, 0.25) is 5.91 Å². The number of ether oxygens (including phenoxy) is 1. The lowest BCUT2D eigenvalue weighted by Crippen LogP contribution is -2.46. The monoisotopic (exact) mass is 406 g/mol. The van der Waals surface area contributed by atoms with Crippen LogP contribution in [-0.2, 0) is 14.3 Å². The van der Waals surface area contributed by atoms with Gasteiger partial charge >= 0.3 is 5.97 Å². The highest BCUT2D eigenvalue weighted by Crippen LogP contribution is 2.31. The summed E-state index contributed by atoms with van der Waals surface area (Å²) >= 11 is 0. The number of carbonyl (C=O) groups excluding carboxylic acids is 3. The summed E-state index contributed by atoms with van der Waals surface area (Å²) in [7, 11) is 0. The lowest BCUT2D eigenvalue weighted by atomic mass is 10.1. The molecule has 0 unspecified atom stereocenters. The SMILES string of the molecule is CCCNC(=O)[C@@H](C)NC(=O)COC(=O)c1ccc(N2CCCC2)c([N+](=O)[O-])c1. The summed E-state index contributed by atoms with van der Waals surface area (Å²) in [4.78, 5) is 48.6. The van der Waals surface area contributed by atoms with Gasteiger partial charge in [-0.2, -0.15) is 0 Å². The van der Waals surface area contributed by atoms with Gasteiger partial charge in [-0.25, -0.2) is 4.79 Å². The molecule has 1 aromatic rings. The van der Waals surface area contributed by atoms with E-state index in [0.29, 0.717) is 12.2 Å². The lowest BCUT2D eigenvalue weighted by molar-refractivity contribution is -0.384. The number of hydrogen-bond donors (Lipinski definition) is 2. The molecule has 2 amide bonds. The molecule has 0 spiro atoms. The lowest BCUT2D eigenvalue weighted by Gasteiger charge is -2.17. The van der Waals surface area contributed by atoms with Crippen molar-refractivity contribution in [2.75, 3.05) is 31.1 Å². The van der Waals surface area contributed by atoms with Crippen LogP contribution in [0.4, 0.5) is 11.4 Å². The second kappa shape index (κ2) is 10.4. The Morgan fingerprint density at radius 1 is 1.28 bits per heavy atom. The number of benzene rings is 1. The second-order valence-electron chi connectivity index (χ2n) is 6.81. The molecule has 1 atom stereocenters. The van der Waals surface area contributed by atoms with E-state index >= 15 is 0 Å². The Morgan fingerprint density at radius 3 is 2.59 bits per heavy atom. The fraction of sp³-hybridized carbons (Fsp3) is 0.526. The van der Waals surface area contributed by atoms with Crippen molar-refractivity contribution >= 4 is 29.2 Å². The van der Waals surface area contributed by atoms with Crippen molar-refractivity contribution in [2.45, 2.75) is 39.2 Å². The fourth-order valence-electron chi connectivity index (χ4n) is 2.99. The summed E-state index contributed by atoms with van der Waals surface area (Å²) in [5, 5.41) is 16.5. The first-order valence-corrected chi connectivity index (χ1v) is 9.61. The van der Waals surface area contributed by atoms with Gasteiger partial charge in [0.15, 0.2) is 6.61 Å². The molecule has 29 heavy (non-hydrogen) atoms. The number of esters is 1. The van der Waals surface area contributed by atoms with Crippen LogP contribution in [0, 0.1) is 10.1 Å². The van der Waals surface area contributed by atoms with Crippen LogP contribution < -0.4 is 15.5 Å². The Morgan fingerprint density at radius 2 is 1.97 bits per heavy atom. The molecule has 1 saturated heterocycles. The molecule has 0 aliphatic carbocycles. The Kier molecular flexibility index (Phi) is 7.93. The minimum Gasteiger partial charge on any atom is -0.452 e. The van der Waals surface area contributed by atoms with Crippen LogP contribution in [0.1, 0.15) is 43.5 Å². The van der Waals surface area contributed by atoms with E-state index in [1.54, 1.807) is 0 Å². The van der Waals surface area contributed by atoms with E-state index in [0.717, 1.165) is 38.4 Å². The summed E-state index contributed by atoms with van der Waals surface area (Å²) < 4.78 is 4.93. The highest BCUT2D eigenvalue weighted by Gasteiger charge is 2.24. The van der Waals surface area contributed by atoms with Crippen LogP contribution >= 0.6 is 0 Å².